The van der Waals surface area contributed by atoms with Crippen molar-refractivity contribution in [2.75, 3.05) is 0 Å². The summed E-state index contributed by atoms with van der Waals surface area (Å²) in [5.74, 6) is 0. The lowest BCUT2D eigenvalue weighted by atomic mass is 10.00. The van der Waals surface area contributed by atoms with E-state index in [9.17, 15) is 15.3 Å². The normalized spacial score (nSPS) is 19.8. The lowest BCUT2D eigenvalue weighted by Gasteiger charge is -2.24. The molecule has 0 radical (unpaired) electrons. The molecule has 14 heavy (non-hydrogen) atoms. The van der Waals surface area contributed by atoms with Crippen molar-refractivity contribution in [2.45, 2.75) is 50.6 Å². The van der Waals surface area contributed by atoms with Crippen molar-refractivity contribution in [3.05, 3.63) is 0 Å². The van der Waals surface area contributed by atoms with Gasteiger partial charge in [0.25, 0.3) is 0 Å². The van der Waals surface area contributed by atoms with Crippen molar-refractivity contribution < 1.29 is 20.4 Å². The average molecular weight is 222 g/mol. The molecule has 0 saturated heterocycles. The van der Waals surface area contributed by atoms with Crippen LogP contribution >= 0.6 is 12.2 Å². The highest BCUT2D eigenvalue weighted by atomic mass is 32.1. The molecule has 4 nitrogen and oxygen atoms in total. The smallest absolute Gasteiger partial charge is 0.113 e. The molecule has 0 aromatic rings. The highest BCUT2D eigenvalue weighted by Crippen LogP contribution is 2.10. The van der Waals surface area contributed by atoms with Crippen LogP contribution < -0.4 is 0 Å². The Morgan fingerprint density at radius 3 is 2.14 bits per heavy atom. The van der Waals surface area contributed by atoms with E-state index in [0.29, 0.717) is 6.42 Å². The first kappa shape index (κ1) is 13.9. The predicted molar refractivity (Wildman–Crippen MR) is 57.2 cm³/mol. The summed E-state index contributed by atoms with van der Waals surface area (Å²) >= 11 is 4.42. The van der Waals surface area contributed by atoms with E-state index in [2.05, 4.69) is 12.2 Å². The molecule has 0 aliphatic heterocycles. The number of aliphatic hydroxyl groups excluding tert-OH is 4. The maximum absolute atomic E-state index is 9.39. The Hall–Kier alpha value is -0.0700. The van der Waals surface area contributed by atoms with Crippen molar-refractivity contribution in [3.8, 4) is 0 Å². The quantitative estimate of drug-likeness (QED) is 0.442. The second-order valence-corrected chi connectivity index (χ2v) is 3.59. The van der Waals surface area contributed by atoms with E-state index in [1.54, 1.807) is 0 Å². The van der Waals surface area contributed by atoms with Gasteiger partial charge in [0.1, 0.15) is 18.3 Å². The molecule has 1 unspecified atom stereocenters. The molecule has 0 heterocycles. The Bertz CT molecular complexity index is 165. The second-order valence-electron chi connectivity index (χ2n) is 3.32. The van der Waals surface area contributed by atoms with Gasteiger partial charge in [0, 0.05) is 5.37 Å². The highest BCUT2D eigenvalue weighted by molar-refractivity contribution is 7.79. The second kappa shape index (κ2) is 7.25. The van der Waals surface area contributed by atoms with Crippen LogP contribution in [0.15, 0.2) is 0 Å². The van der Waals surface area contributed by atoms with Crippen LogP contribution in [0.1, 0.15) is 26.2 Å². The number of hydrogen-bond acceptors (Lipinski definition) is 5. The Morgan fingerprint density at radius 2 is 1.71 bits per heavy atom. The molecule has 0 aromatic heterocycles. The van der Waals surface area contributed by atoms with Crippen molar-refractivity contribution in [1.82, 2.24) is 0 Å². The van der Waals surface area contributed by atoms with Crippen LogP contribution in [-0.2, 0) is 0 Å². The van der Waals surface area contributed by atoms with E-state index < -0.39 is 24.4 Å². The third-order valence-corrected chi connectivity index (χ3v) is 2.37. The molecule has 0 aliphatic carbocycles. The standard InChI is InChI=1S/C9H18O4S/c1-2-3-4-6(10)8(12)9(13)7(11)5-14/h5-13H,2-4H2,1H3/t6?,7-,8+,9-/m0/s1. The highest BCUT2D eigenvalue weighted by Gasteiger charge is 2.28. The number of aliphatic hydroxyl groups is 4. The van der Waals surface area contributed by atoms with Gasteiger partial charge in [-0.3, -0.25) is 0 Å². The zero-order valence-electron chi connectivity index (χ0n) is 8.21. The SMILES string of the molecule is CCCCC(O)[C@@H](O)[C@@H](O)[C@@H](O)C=S. The molecule has 0 rings (SSSR count). The minimum absolute atomic E-state index is 0.402. The summed E-state index contributed by atoms with van der Waals surface area (Å²) in [6, 6.07) is 0. The molecule has 5 heteroatoms. The molecular weight excluding hydrogens is 204 g/mol. The molecule has 0 bridgehead atoms. The van der Waals surface area contributed by atoms with Gasteiger partial charge in [-0.2, -0.15) is 0 Å². The summed E-state index contributed by atoms with van der Waals surface area (Å²) in [5.41, 5.74) is 0. The van der Waals surface area contributed by atoms with E-state index in [1.165, 1.54) is 0 Å². The molecule has 4 atom stereocenters. The maximum atomic E-state index is 9.39. The first-order chi connectivity index (χ1) is 6.54. The van der Waals surface area contributed by atoms with E-state index in [0.717, 1.165) is 18.2 Å². The largest absolute Gasteiger partial charge is 0.390 e. The van der Waals surface area contributed by atoms with E-state index >= 15 is 0 Å². The summed E-state index contributed by atoms with van der Waals surface area (Å²) in [7, 11) is 0. The number of hydrogen-bond donors (Lipinski definition) is 4. The van der Waals surface area contributed by atoms with Crippen LogP contribution in [0.2, 0.25) is 0 Å². The third kappa shape index (κ3) is 4.43. The number of rotatable bonds is 7. The average Bonchev–Trinajstić information content (AvgIpc) is 2.22. The van der Waals surface area contributed by atoms with Gasteiger partial charge in [-0.25, -0.2) is 0 Å². The first-order valence-corrected chi connectivity index (χ1v) is 5.19. The fraction of sp³-hybridized carbons (Fsp3) is 0.889. The summed E-state index contributed by atoms with van der Waals surface area (Å²) in [4.78, 5) is 0. The minimum atomic E-state index is -1.42. The lowest BCUT2D eigenvalue weighted by Crippen LogP contribution is -2.44. The molecule has 0 aliphatic rings. The molecule has 0 saturated carbocycles. The summed E-state index contributed by atoms with van der Waals surface area (Å²) in [6.45, 7) is 1.96. The lowest BCUT2D eigenvalue weighted by molar-refractivity contribution is -0.0895. The first-order valence-electron chi connectivity index (χ1n) is 4.72. The number of thiocarbonyl (C=S) groups is 1. The number of unbranched alkanes of at least 4 members (excludes halogenated alkanes) is 1. The third-order valence-electron chi connectivity index (χ3n) is 2.09. The van der Waals surface area contributed by atoms with Crippen molar-refractivity contribution >= 4 is 17.6 Å². The summed E-state index contributed by atoms with van der Waals surface area (Å²) < 4.78 is 0. The zero-order valence-corrected chi connectivity index (χ0v) is 9.02. The van der Waals surface area contributed by atoms with Gasteiger partial charge in [0.05, 0.1) is 6.10 Å². The van der Waals surface area contributed by atoms with Crippen molar-refractivity contribution in [2.24, 2.45) is 0 Å². The van der Waals surface area contributed by atoms with E-state index in [1.807, 2.05) is 6.92 Å². The van der Waals surface area contributed by atoms with Gasteiger partial charge >= 0.3 is 0 Å². The molecule has 0 fully saturated rings. The van der Waals surface area contributed by atoms with Gasteiger partial charge in [-0.05, 0) is 6.42 Å². The predicted octanol–water partition coefficient (Wildman–Crippen LogP) is -0.380. The van der Waals surface area contributed by atoms with Crippen LogP contribution in [0.4, 0.5) is 0 Å². The molecule has 0 amide bonds. The Balaban J connectivity index is 4.02. The van der Waals surface area contributed by atoms with E-state index in [4.69, 9.17) is 5.11 Å². The van der Waals surface area contributed by atoms with Crippen LogP contribution in [0.25, 0.3) is 0 Å². The Kier molecular flexibility index (Phi) is 7.22. The van der Waals surface area contributed by atoms with Gasteiger partial charge < -0.3 is 20.4 Å². The fourth-order valence-corrected chi connectivity index (χ4v) is 1.26. The maximum Gasteiger partial charge on any atom is 0.113 e. The molecule has 4 N–H and O–H groups in total. The van der Waals surface area contributed by atoms with Gasteiger partial charge in [0.15, 0.2) is 0 Å². The monoisotopic (exact) mass is 222 g/mol. The van der Waals surface area contributed by atoms with Crippen LogP contribution in [0.3, 0.4) is 0 Å². The summed E-state index contributed by atoms with van der Waals surface area (Å²) in [6.07, 6.45) is -3.01. The zero-order chi connectivity index (χ0) is 11.1. The molecule has 0 spiro atoms. The minimum Gasteiger partial charge on any atom is -0.390 e. The fourth-order valence-electron chi connectivity index (χ4n) is 1.09. The molecular formula is C9H18O4S. The van der Waals surface area contributed by atoms with E-state index in [-0.39, 0.29) is 0 Å². The topological polar surface area (TPSA) is 80.9 Å². The van der Waals surface area contributed by atoms with Crippen LogP contribution in [-0.4, -0.2) is 50.2 Å². The molecule has 84 valence electrons. The van der Waals surface area contributed by atoms with Crippen LogP contribution in [0.5, 0.6) is 0 Å². The van der Waals surface area contributed by atoms with Gasteiger partial charge in [-0.1, -0.05) is 32.0 Å². The molecule has 0 aromatic carbocycles. The van der Waals surface area contributed by atoms with Gasteiger partial charge in [-0.15, -0.1) is 0 Å². The van der Waals surface area contributed by atoms with Gasteiger partial charge in [0.2, 0.25) is 0 Å². The summed E-state index contributed by atoms with van der Waals surface area (Å²) in [5, 5.41) is 38.1. The van der Waals surface area contributed by atoms with Crippen molar-refractivity contribution in [1.29, 1.82) is 0 Å². The van der Waals surface area contributed by atoms with Crippen molar-refractivity contribution in [3.63, 3.8) is 0 Å². The Labute approximate surface area is 89.2 Å². The van der Waals surface area contributed by atoms with Crippen LogP contribution in [0, 0.1) is 0 Å². The Morgan fingerprint density at radius 1 is 1.14 bits per heavy atom.